The van der Waals surface area contributed by atoms with Gasteiger partial charge in [-0.05, 0) is 76.8 Å². The Morgan fingerprint density at radius 1 is 0.889 bits per heavy atom. The number of rotatable bonds is 14. The van der Waals surface area contributed by atoms with Crippen molar-refractivity contribution in [3.05, 3.63) is 122 Å². The van der Waals surface area contributed by atoms with E-state index in [2.05, 4.69) is 31.8 Å². The molecule has 2 N–H and O–H groups in total. The first kappa shape index (κ1) is 33.8. The number of hydrogen-bond acceptors (Lipinski definition) is 6. The second kappa shape index (κ2) is 16.9. The molecule has 0 unspecified atom stereocenters. The lowest BCUT2D eigenvalue weighted by Crippen LogP contribution is -2.50. The quantitative estimate of drug-likeness (QED) is 0.105. The van der Waals surface area contributed by atoms with Crippen molar-refractivity contribution in [3.8, 4) is 17.2 Å². The van der Waals surface area contributed by atoms with Gasteiger partial charge in [-0.25, -0.2) is 5.43 Å². The summed E-state index contributed by atoms with van der Waals surface area (Å²) >= 11 is 15.7. The van der Waals surface area contributed by atoms with Crippen LogP contribution in [0.3, 0.4) is 0 Å². The molecular formula is C34H32BrCl2N3O5. The van der Waals surface area contributed by atoms with Crippen molar-refractivity contribution >= 4 is 57.2 Å². The molecule has 2 atom stereocenters. The zero-order valence-electron chi connectivity index (χ0n) is 24.6. The van der Waals surface area contributed by atoms with Crippen molar-refractivity contribution in [2.75, 3.05) is 6.61 Å². The van der Waals surface area contributed by atoms with Crippen LogP contribution in [-0.2, 0) is 22.6 Å². The largest absolute Gasteiger partial charge is 0.490 e. The molecule has 8 nitrogen and oxygen atoms in total. The van der Waals surface area contributed by atoms with Gasteiger partial charge in [-0.15, -0.1) is 0 Å². The van der Waals surface area contributed by atoms with Crippen LogP contribution in [0.15, 0.2) is 101 Å². The van der Waals surface area contributed by atoms with Crippen molar-refractivity contribution in [2.24, 2.45) is 5.10 Å². The van der Waals surface area contributed by atoms with Crippen LogP contribution >= 0.6 is 39.1 Å². The van der Waals surface area contributed by atoms with Crippen LogP contribution in [0.25, 0.3) is 0 Å². The Morgan fingerprint density at radius 3 is 2.24 bits per heavy atom. The van der Waals surface area contributed by atoms with E-state index in [1.165, 1.54) is 12.3 Å². The maximum Gasteiger partial charge on any atom is 0.262 e. The summed E-state index contributed by atoms with van der Waals surface area (Å²) in [5.41, 5.74) is 5.08. The lowest BCUT2D eigenvalue weighted by Gasteiger charge is -2.21. The second-order valence-corrected chi connectivity index (χ2v) is 11.6. The van der Waals surface area contributed by atoms with E-state index < -0.39 is 24.0 Å². The van der Waals surface area contributed by atoms with E-state index in [0.717, 1.165) is 11.1 Å². The third kappa shape index (κ3) is 10.2. The molecule has 0 saturated heterocycles. The van der Waals surface area contributed by atoms with E-state index in [1.54, 1.807) is 25.1 Å². The number of ether oxygens (including phenoxy) is 3. The van der Waals surface area contributed by atoms with Crippen LogP contribution in [0.2, 0.25) is 10.0 Å². The fraction of sp³-hybridized carbons (Fsp3) is 0.206. The predicted octanol–water partition coefficient (Wildman–Crippen LogP) is 7.38. The van der Waals surface area contributed by atoms with Crippen LogP contribution in [0.4, 0.5) is 0 Å². The number of amides is 2. The molecule has 4 aromatic carbocycles. The lowest BCUT2D eigenvalue weighted by atomic mass is 10.1. The summed E-state index contributed by atoms with van der Waals surface area (Å²) in [6.45, 7) is 4.25. The average molecular weight is 713 g/mol. The van der Waals surface area contributed by atoms with Gasteiger partial charge in [0.25, 0.3) is 11.8 Å². The van der Waals surface area contributed by atoms with E-state index in [-0.39, 0.29) is 11.4 Å². The molecule has 11 heteroatoms. The summed E-state index contributed by atoms with van der Waals surface area (Å²) in [4.78, 5) is 26.4. The first-order chi connectivity index (χ1) is 21.7. The van der Waals surface area contributed by atoms with Crippen molar-refractivity contribution in [2.45, 2.75) is 39.0 Å². The highest BCUT2D eigenvalue weighted by atomic mass is 79.9. The van der Waals surface area contributed by atoms with Crippen molar-refractivity contribution in [1.82, 2.24) is 10.7 Å². The Kier molecular flexibility index (Phi) is 12.7. The van der Waals surface area contributed by atoms with Crippen molar-refractivity contribution in [1.29, 1.82) is 0 Å². The van der Waals surface area contributed by atoms with E-state index in [4.69, 9.17) is 37.4 Å². The van der Waals surface area contributed by atoms with Gasteiger partial charge in [0.15, 0.2) is 17.6 Å². The molecule has 0 aliphatic rings. The van der Waals surface area contributed by atoms with E-state index >= 15 is 0 Å². The lowest BCUT2D eigenvalue weighted by molar-refractivity contribution is -0.132. The Hall–Kier alpha value is -4.05. The Labute approximate surface area is 280 Å². The van der Waals surface area contributed by atoms with E-state index in [9.17, 15) is 9.59 Å². The molecule has 4 rings (SSSR count). The first-order valence-electron chi connectivity index (χ1n) is 14.2. The molecule has 234 valence electrons. The number of hydrogen-bond donors (Lipinski definition) is 2. The number of nitrogens with one attached hydrogen (secondary N) is 2. The number of carbonyl (C=O) groups is 2. The van der Waals surface area contributed by atoms with Gasteiger partial charge in [0, 0.05) is 11.4 Å². The third-order valence-corrected chi connectivity index (χ3v) is 7.55. The van der Waals surface area contributed by atoms with Gasteiger partial charge < -0.3 is 19.5 Å². The molecule has 0 bridgehead atoms. The monoisotopic (exact) mass is 711 g/mol. The molecule has 0 aliphatic carbocycles. The predicted molar refractivity (Wildman–Crippen MR) is 180 cm³/mol. The van der Waals surface area contributed by atoms with Gasteiger partial charge in [0.2, 0.25) is 0 Å². The van der Waals surface area contributed by atoms with Crippen LogP contribution in [0.1, 0.15) is 30.5 Å². The van der Waals surface area contributed by atoms with Crippen molar-refractivity contribution < 1.29 is 23.8 Å². The second-order valence-electron chi connectivity index (χ2n) is 9.86. The highest BCUT2D eigenvalue weighted by Crippen LogP contribution is 2.37. The Bertz CT molecular complexity index is 1620. The number of hydrazone groups is 1. The fourth-order valence-electron chi connectivity index (χ4n) is 4.21. The van der Waals surface area contributed by atoms with Crippen LogP contribution in [-0.4, -0.2) is 36.8 Å². The summed E-state index contributed by atoms with van der Waals surface area (Å²) in [7, 11) is 0. The standard InChI is InChI=1S/C34H32BrCl2N3O5/c1-3-43-31-18-25(16-27(35)32(31)44-21-24-12-8-5-9-13-24)20-38-40-34(42)29(17-23-10-6-4-7-11-23)39-33(41)22(2)45-30-15-14-26(36)19-28(30)37/h4-16,18-20,22,29H,3,17,21H2,1-2H3,(H,39,41)(H,40,42)/b38-20-/t22-,29-/m0/s1. The molecule has 0 radical (unpaired) electrons. The molecule has 0 heterocycles. The Morgan fingerprint density at radius 2 is 1.58 bits per heavy atom. The van der Waals surface area contributed by atoms with Gasteiger partial charge in [-0.2, -0.15) is 5.10 Å². The molecule has 0 spiro atoms. The van der Waals surface area contributed by atoms with Gasteiger partial charge in [-0.3, -0.25) is 9.59 Å². The van der Waals surface area contributed by atoms with Gasteiger partial charge in [0.05, 0.1) is 22.3 Å². The molecule has 2 amide bonds. The van der Waals surface area contributed by atoms with Crippen LogP contribution in [0, 0.1) is 0 Å². The number of nitrogens with zero attached hydrogens (tertiary/aromatic N) is 1. The zero-order chi connectivity index (χ0) is 32.2. The van der Waals surface area contributed by atoms with Gasteiger partial charge in [0.1, 0.15) is 18.4 Å². The summed E-state index contributed by atoms with van der Waals surface area (Å²) in [5, 5.41) is 7.64. The summed E-state index contributed by atoms with van der Waals surface area (Å²) in [6, 6.07) is 26.5. The first-order valence-corrected chi connectivity index (χ1v) is 15.7. The average Bonchev–Trinajstić information content (AvgIpc) is 3.02. The van der Waals surface area contributed by atoms with E-state index in [1.807, 2.05) is 73.7 Å². The zero-order valence-corrected chi connectivity index (χ0v) is 27.7. The fourth-order valence-corrected chi connectivity index (χ4v) is 5.23. The molecule has 45 heavy (non-hydrogen) atoms. The number of halogens is 3. The maximum atomic E-state index is 13.3. The molecular weight excluding hydrogens is 681 g/mol. The minimum atomic E-state index is -0.949. The molecule has 4 aromatic rings. The third-order valence-electron chi connectivity index (χ3n) is 6.43. The molecule has 0 fully saturated rings. The SMILES string of the molecule is CCOc1cc(/C=N\NC(=O)[C@H](Cc2ccccc2)NC(=O)[C@H](C)Oc2ccc(Cl)cc2Cl)cc(Br)c1OCc1ccccc1. The highest BCUT2D eigenvalue weighted by Gasteiger charge is 2.25. The highest BCUT2D eigenvalue weighted by molar-refractivity contribution is 9.10. The molecule has 0 aromatic heterocycles. The van der Waals surface area contributed by atoms with Crippen molar-refractivity contribution in [3.63, 3.8) is 0 Å². The smallest absolute Gasteiger partial charge is 0.262 e. The normalized spacial score (nSPS) is 12.3. The van der Waals surface area contributed by atoms with E-state index in [0.29, 0.717) is 45.5 Å². The van der Waals surface area contributed by atoms with Crippen LogP contribution < -0.4 is 25.0 Å². The van der Waals surface area contributed by atoms with Gasteiger partial charge >= 0.3 is 0 Å². The number of benzene rings is 4. The molecule has 0 aliphatic heterocycles. The minimum absolute atomic E-state index is 0.232. The topological polar surface area (TPSA) is 98.2 Å². The summed E-state index contributed by atoms with van der Waals surface area (Å²) in [6.07, 6.45) is 0.771. The van der Waals surface area contributed by atoms with Crippen LogP contribution in [0.5, 0.6) is 17.2 Å². The Balaban J connectivity index is 1.45. The summed E-state index contributed by atoms with van der Waals surface area (Å²) < 4.78 is 18.3. The number of carbonyl (C=O) groups excluding carboxylic acids is 2. The molecule has 0 saturated carbocycles. The maximum absolute atomic E-state index is 13.3. The summed E-state index contributed by atoms with van der Waals surface area (Å²) in [5.74, 6) is 0.374. The minimum Gasteiger partial charge on any atom is -0.490 e. The van der Waals surface area contributed by atoms with Gasteiger partial charge in [-0.1, -0.05) is 83.9 Å².